The van der Waals surface area contributed by atoms with Crippen LogP contribution in [0.25, 0.3) is 11.3 Å². The van der Waals surface area contributed by atoms with Gasteiger partial charge in [0.1, 0.15) is 5.75 Å². The van der Waals surface area contributed by atoms with E-state index < -0.39 is 5.97 Å². The van der Waals surface area contributed by atoms with Crippen LogP contribution in [0, 0.1) is 0 Å². The first-order chi connectivity index (χ1) is 12.7. The predicted octanol–water partition coefficient (Wildman–Crippen LogP) is 5.36. The normalized spacial score (nSPS) is 10.7. The van der Waals surface area contributed by atoms with Crippen molar-refractivity contribution in [3.8, 4) is 17.0 Å². The van der Waals surface area contributed by atoms with Crippen molar-refractivity contribution in [1.82, 2.24) is 9.97 Å². The summed E-state index contributed by atoms with van der Waals surface area (Å²) in [7, 11) is 0. The summed E-state index contributed by atoms with van der Waals surface area (Å²) in [6, 6.07) is 7.64. The summed E-state index contributed by atoms with van der Waals surface area (Å²) in [4.78, 5) is 18.8. The lowest BCUT2D eigenvalue weighted by atomic mass is 10.1. The molecule has 1 heterocycles. The first-order valence-corrected chi connectivity index (χ1v) is 9.49. The van der Waals surface area contributed by atoms with Gasteiger partial charge in [-0.2, -0.15) is 0 Å². The van der Waals surface area contributed by atoms with Gasteiger partial charge >= 0.3 is 5.97 Å². The molecule has 0 aliphatic carbocycles. The van der Waals surface area contributed by atoms with E-state index in [4.69, 9.17) is 9.84 Å². The van der Waals surface area contributed by atoms with Gasteiger partial charge in [0.25, 0.3) is 0 Å². The van der Waals surface area contributed by atoms with Crippen molar-refractivity contribution in [2.75, 3.05) is 6.61 Å². The molecule has 1 aromatic heterocycles. The molecule has 1 aromatic carbocycles. The minimum atomic E-state index is -1.08. The SMILES string of the molecule is CCCCCCCCCCOc1ccc(-c2cnc(C(=O)O)cn2)cc1. The van der Waals surface area contributed by atoms with E-state index in [9.17, 15) is 4.79 Å². The average Bonchev–Trinajstić information content (AvgIpc) is 2.67. The molecule has 0 saturated carbocycles. The van der Waals surface area contributed by atoms with Crippen LogP contribution < -0.4 is 4.74 Å². The maximum Gasteiger partial charge on any atom is 0.356 e. The van der Waals surface area contributed by atoms with Crippen molar-refractivity contribution < 1.29 is 14.6 Å². The second-order valence-corrected chi connectivity index (χ2v) is 6.44. The van der Waals surface area contributed by atoms with E-state index in [1.54, 1.807) is 0 Å². The molecule has 0 aliphatic heterocycles. The summed E-state index contributed by atoms with van der Waals surface area (Å²) in [5, 5.41) is 8.85. The first-order valence-electron chi connectivity index (χ1n) is 9.49. The van der Waals surface area contributed by atoms with Crippen molar-refractivity contribution >= 4 is 5.97 Å². The Hall–Kier alpha value is -2.43. The Bertz CT molecular complexity index is 654. The molecule has 140 valence electrons. The zero-order valence-electron chi connectivity index (χ0n) is 15.5. The van der Waals surface area contributed by atoms with Crippen LogP contribution in [0.1, 0.15) is 68.8 Å². The molecule has 5 nitrogen and oxygen atoms in total. The molecule has 2 aromatic rings. The predicted molar refractivity (Wildman–Crippen MR) is 103 cm³/mol. The van der Waals surface area contributed by atoms with E-state index in [1.807, 2.05) is 24.3 Å². The Morgan fingerprint density at radius 1 is 0.923 bits per heavy atom. The number of hydrogen-bond donors (Lipinski definition) is 1. The average molecular weight is 356 g/mol. The van der Waals surface area contributed by atoms with Gasteiger partial charge in [-0.3, -0.25) is 4.98 Å². The highest BCUT2D eigenvalue weighted by atomic mass is 16.5. The number of unbranched alkanes of at least 4 members (excludes halogenated alkanes) is 7. The maximum absolute atomic E-state index is 10.8. The molecule has 0 saturated heterocycles. The van der Waals surface area contributed by atoms with E-state index in [0.29, 0.717) is 5.69 Å². The standard InChI is InChI=1S/C21H28N2O3/c1-2-3-4-5-6-7-8-9-14-26-18-12-10-17(11-13-18)19-15-23-20(16-22-19)21(24)25/h10-13,15-16H,2-9,14H2,1H3,(H,24,25). The highest BCUT2D eigenvalue weighted by Crippen LogP contribution is 2.20. The minimum absolute atomic E-state index is 0.0564. The van der Waals surface area contributed by atoms with Gasteiger partial charge in [0.15, 0.2) is 5.69 Å². The van der Waals surface area contributed by atoms with Crippen LogP contribution >= 0.6 is 0 Å². The summed E-state index contributed by atoms with van der Waals surface area (Å²) in [6.45, 7) is 2.98. The maximum atomic E-state index is 10.8. The number of carbonyl (C=O) groups is 1. The molecule has 0 radical (unpaired) electrons. The monoisotopic (exact) mass is 356 g/mol. The molecule has 0 aliphatic rings. The summed E-state index contributed by atoms with van der Waals surface area (Å²) < 4.78 is 5.78. The molecule has 0 unspecified atom stereocenters. The quantitative estimate of drug-likeness (QED) is 0.518. The van der Waals surface area contributed by atoms with Gasteiger partial charge in [-0.25, -0.2) is 9.78 Å². The smallest absolute Gasteiger partial charge is 0.356 e. The second kappa shape index (κ2) is 11.2. The Balaban J connectivity index is 1.68. The van der Waals surface area contributed by atoms with E-state index in [1.165, 1.54) is 57.3 Å². The van der Waals surface area contributed by atoms with Crippen LogP contribution in [-0.2, 0) is 0 Å². The Labute approximate surface area is 155 Å². The topological polar surface area (TPSA) is 72.3 Å². The third-order valence-electron chi connectivity index (χ3n) is 4.29. The lowest BCUT2D eigenvalue weighted by Crippen LogP contribution is -2.01. The van der Waals surface area contributed by atoms with Gasteiger partial charge < -0.3 is 9.84 Å². The molecule has 0 fully saturated rings. The molecule has 0 bridgehead atoms. The van der Waals surface area contributed by atoms with Crippen molar-refractivity contribution in [2.45, 2.75) is 58.3 Å². The highest BCUT2D eigenvalue weighted by molar-refractivity contribution is 5.85. The van der Waals surface area contributed by atoms with Crippen LogP contribution in [0.3, 0.4) is 0 Å². The summed E-state index contributed by atoms with van der Waals surface area (Å²) in [5.41, 5.74) is 1.47. The molecular formula is C21H28N2O3. The third-order valence-corrected chi connectivity index (χ3v) is 4.29. The largest absolute Gasteiger partial charge is 0.494 e. The second-order valence-electron chi connectivity index (χ2n) is 6.44. The van der Waals surface area contributed by atoms with Crippen LogP contribution in [0.5, 0.6) is 5.75 Å². The number of carboxylic acid groups (broad SMARTS) is 1. The summed E-state index contributed by atoms with van der Waals surface area (Å²) in [6.07, 6.45) is 13.0. The number of aromatic nitrogens is 2. The van der Waals surface area contributed by atoms with Gasteiger partial charge in [0, 0.05) is 5.56 Å². The Morgan fingerprint density at radius 2 is 1.58 bits per heavy atom. The van der Waals surface area contributed by atoms with Crippen molar-refractivity contribution in [3.05, 3.63) is 42.4 Å². The Morgan fingerprint density at radius 3 is 2.15 bits per heavy atom. The van der Waals surface area contributed by atoms with Crippen molar-refractivity contribution in [2.24, 2.45) is 0 Å². The van der Waals surface area contributed by atoms with E-state index in [2.05, 4.69) is 16.9 Å². The van der Waals surface area contributed by atoms with Crippen molar-refractivity contribution in [1.29, 1.82) is 0 Å². The zero-order valence-corrected chi connectivity index (χ0v) is 15.5. The molecule has 5 heteroatoms. The molecule has 0 spiro atoms. The van der Waals surface area contributed by atoms with Gasteiger partial charge in [0.05, 0.1) is 24.7 Å². The number of hydrogen-bond acceptors (Lipinski definition) is 4. The van der Waals surface area contributed by atoms with Crippen LogP contribution in [0.2, 0.25) is 0 Å². The number of ether oxygens (including phenoxy) is 1. The van der Waals surface area contributed by atoms with Crippen molar-refractivity contribution in [3.63, 3.8) is 0 Å². The van der Waals surface area contributed by atoms with E-state index >= 15 is 0 Å². The zero-order chi connectivity index (χ0) is 18.6. The lowest BCUT2D eigenvalue weighted by Gasteiger charge is -2.07. The lowest BCUT2D eigenvalue weighted by molar-refractivity contribution is 0.0690. The number of nitrogens with zero attached hydrogens (tertiary/aromatic N) is 2. The van der Waals surface area contributed by atoms with E-state index in [0.717, 1.165) is 24.3 Å². The third kappa shape index (κ3) is 6.82. The molecule has 0 atom stereocenters. The number of rotatable bonds is 12. The van der Waals surface area contributed by atoms with Crippen LogP contribution in [0.15, 0.2) is 36.7 Å². The number of aromatic carboxylic acids is 1. The molecule has 2 rings (SSSR count). The minimum Gasteiger partial charge on any atom is -0.494 e. The molecule has 1 N–H and O–H groups in total. The fourth-order valence-electron chi connectivity index (χ4n) is 2.74. The summed E-state index contributed by atoms with van der Waals surface area (Å²) in [5.74, 6) is -0.236. The summed E-state index contributed by atoms with van der Waals surface area (Å²) >= 11 is 0. The first kappa shape index (κ1) is 19.9. The van der Waals surface area contributed by atoms with Crippen LogP contribution in [0.4, 0.5) is 0 Å². The number of carboxylic acids is 1. The van der Waals surface area contributed by atoms with Gasteiger partial charge in [0.2, 0.25) is 0 Å². The van der Waals surface area contributed by atoms with Gasteiger partial charge in [-0.05, 0) is 30.7 Å². The van der Waals surface area contributed by atoms with E-state index in [-0.39, 0.29) is 5.69 Å². The number of benzene rings is 1. The fraction of sp³-hybridized carbons (Fsp3) is 0.476. The van der Waals surface area contributed by atoms with Gasteiger partial charge in [-0.15, -0.1) is 0 Å². The van der Waals surface area contributed by atoms with Crippen LogP contribution in [-0.4, -0.2) is 27.7 Å². The molecule has 0 amide bonds. The Kier molecular flexibility index (Phi) is 8.60. The molecule has 26 heavy (non-hydrogen) atoms. The highest BCUT2D eigenvalue weighted by Gasteiger charge is 2.06. The molecular weight excluding hydrogens is 328 g/mol. The van der Waals surface area contributed by atoms with Gasteiger partial charge in [-0.1, -0.05) is 51.9 Å². The fourth-order valence-corrected chi connectivity index (χ4v) is 2.74.